The molecule has 1 aromatic rings. The molecular weight excluding hydrogens is 276 g/mol. The summed E-state index contributed by atoms with van der Waals surface area (Å²) in [6, 6.07) is 6.51. The summed E-state index contributed by atoms with van der Waals surface area (Å²) in [6.45, 7) is 9.56. The van der Waals surface area contributed by atoms with E-state index in [4.69, 9.17) is 4.74 Å². The summed E-state index contributed by atoms with van der Waals surface area (Å²) in [6.07, 6.45) is 1.07. The topological polar surface area (TPSA) is 9.23 Å². The minimum Gasteiger partial charge on any atom is -0.494 e. The van der Waals surface area contributed by atoms with Gasteiger partial charge in [-0.25, -0.2) is 0 Å². The van der Waals surface area contributed by atoms with Gasteiger partial charge in [-0.15, -0.1) is 0 Å². The zero-order valence-electron chi connectivity index (χ0n) is 11.3. The van der Waals surface area contributed by atoms with Crippen molar-refractivity contribution in [3.63, 3.8) is 0 Å². The van der Waals surface area contributed by atoms with Crippen LogP contribution in [0.4, 0.5) is 0 Å². The maximum absolute atomic E-state index is 5.56. The van der Waals surface area contributed by atoms with E-state index in [1.807, 2.05) is 6.92 Å². The van der Waals surface area contributed by atoms with Gasteiger partial charge in [0.1, 0.15) is 5.75 Å². The second-order valence-electron chi connectivity index (χ2n) is 4.57. The molecule has 0 amide bonds. The van der Waals surface area contributed by atoms with E-state index < -0.39 is 0 Å². The van der Waals surface area contributed by atoms with E-state index in [2.05, 4.69) is 54.9 Å². The van der Waals surface area contributed by atoms with Gasteiger partial charge < -0.3 is 4.74 Å². The molecule has 0 saturated heterocycles. The van der Waals surface area contributed by atoms with Gasteiger partial charge in [-0.1, -0.05) is 42.8 Å². The van der Waals surface area contributed by atoms with Crippen molar-refractivity contribution in [2.45, 2.75) is 40.0 Å². The number of benzene rings is 1. The quantitative estimate of drug-likeness (QED) is 0.687. The molecule has 0 aliphatic rings. The number of rotatable bonds is 6. The molecule has 0 aliphatic carbocycles. The number of aryl methyl sites for hydroxylation is 1. The molecule has 0 N–H and O–H groups in total. The average Bonchev–Trinajstić information content (AvgIpc) is 2.37. The molecule has 0 spiro atoms. The summed E-state index contributed by atoms with van der Waals surface area (Å²) in [4.78, 5) is 0. The van der Waals surface area contributed by atoms with Crippen molar-refractivity contribution in [3.8, 4) is 5.75 Å². The highest BCUT2D eigenvalue weighted by Crippen LogP contribution is 2.30. The number of hydrogen-bond donors (Lipinski definition) is 0. The normalized spacial score (nSPS) is 14.4. The van der Waals surface area contributed by atoms with Crippen molar-refractivity contribution in [1.29, 1.82) is 0 Å². The predicted octanol–water partition coefficient (Wildman–Crippen LogP) is 4.78. The first-order valence-electron chi connectivity index (χ1n) is 6.45. The number of halogens is 1. The van der Waals surface area contributed by atoms with E-state index in [1.54, 1.807) is 0 Å². The van der Waals surface area contributed by atoms with Gasteiger partial charge in [0.15, 0.2) is 0 Å². The maximum Gasteiger partial charge on any atom is 0.119 e. The van der Waals surface area contributed by atoms with Crippen LogP contribution in [-0.2, 0) is 6.42 Å². The molecule has 17 heavy (non-hydrogen) atoms. The lowest BCUT2D eigenvalue weighted by Crippen LogP contribution is -2.10. The van der Waals surface area contributed by atoms with E-state index in [0.29, 0.717) is 11.8 Å². The second kappa shape index (κ2) is 7.05. The maximum atomic E-state index is 5.56. The first-order chi connectivity index (χ1) is 8.13. The van der Waals surface area contributed by atoms with Crippen LogP contribution in [0.3, 0.4) is 0 Å². The zero-order chi connectivity index (χ0) is 12.8. The van der Waals surface area contributed by atoms with Crippen LogP contribution in [0.5, 0.6) is 5.75 Å². The molecular formula is C15H23BrO. The van der Waals surface area contributed by atoms with Crippen LogP contribution in [0.15, 0.2) is 18.2 Å². The Morgan fingerprint density at radius 3 is 2.47 bits per heavy atom. The molecule has 96 valence electrons. The van der Waals surface area contributed by atoms with Crippen molar-refractivity contribution in [1.82, 2.24) is 0 Å². The Hall–Kier alpha value is -0.500. The van der Waals surface area contributed by atoms with E-state index >= 15 is 0 Å². The first kappa shape index (κ1) is 14.6. The summed E-state index contributed by atoms with van der Waals surface area (Å²) in [7, 11) is 0. The van der Waals surface area contributed by atoms with E-state index in [1.165, 1.54) is 11.1 Å². The van der Waals surface area contributed by atoms with Crippen molar-refractivity contribution < 1.29 is 4.74 Å². The molecule has 1 nitrogen and oxygen atoms in total. The SMILES string of the molecule is CCOc1ccc(C(C)C(C)CBr)c(CC)c1. The lowest BCUT2D eigenvalue weighted by atomic mass is 9.86. The second-order valence-corrected chi connectivity index (χ2v) is 5.21. The minimum atomic E-state index is 0.583. The van der Waals surface area contributed by atoms with Crippen LogP contribution in [0.25, 0.3) is 0 Å². The Morgan fingerprint density at radius 1 is 1.24 bits per heavy atom. The first-order valence-corrected chi connectivity index (χ1v) is 7.57. The van der Waals surface area contributed by atoms with Gasteiger partial charge in [-0.05, 0) is 48.4 Å². The fourth-order valence-corrected chi connectivity index (χ4v) is 2.59. The third-order valence-corrected chi connectivity index (χ3v) is 4.42. The highest BCUT2D eigenvalue weighted by atomic mass is 79.9. The van der Waals surface area contributed by atoms with Crippen LogP contribution in [0.2, 0.25) is 0 Å². The van der Waals surface area contributed by atoms with Gasteiger partial charge >= 0.3 is 0 Å². The fourth-order valence-electron chi connectivity index (χ4n) is 2.03. The fraction of sp³-hybridized carbons (Fsp3) is 0.600. The van der Waals surface area contributed by atoms with Gasteiger partial charge in [0.2, 0.25) is 0 Å². The monoisotopic (exact) mass is 298 g/mol. The van der Waals surface area contributed by atoms with Crippen LogP contribution >= 0.6 is 15.9 Å². The van der Waals surface area contributed by atoms with Crippen LogP contribution in [0, 0.1) is 5.92 Å². The van der Waals surface area contributed by atoms with E-state index in [-0.39, 0.29) is 0 Å². The van der Waals surface area contributed by atoms with Gasteiger partial charge in [0.05, 0.1) is 6.61 Å². The molecule has 0 aromatic heterocycles. The van der Waals surface area contributed by atoms with Gasteiger partial charge in [-0.3, -0.25) is 0 Å². The van der Waals surface area contributed by atoms with Crippen molar-refractivity contribution in [3.05, 3.63) is 29.3 Å². The molecule has 2 unspecified atom stereocenters. The van der Waals surface area contributed by atoms with Crippen molar-refractivity contribution >= 4 is 15.9 Å². The summed E-state index contributed by atoms with van der Waals surface area (Å²) in [5.74, 6) is 2.23. The molecule has 2 heteroatoms. The van der Waals surface area contributed by atoms with Crippen LogP contribution < -0.4 is 4.74 Å². The van der Waals surface area contributed by atoms with Gasteiger partial charge in [0, 0.05) is 5.33 Å². The van der Waals surface area contributed by atoms with Gasteiger partial charge in [-0.2, -0.15) is 0 Å². The Balaban J connectivity index is 2.99. The lowest BCUT2D eigenvalue weighted by Gasteiger charge is -2.21. The third-order valence-electron chi connectivity index (χ3n) is 3.39. The number of alkyl halides is 1. The summed E-state index contributed by atoms with van der Waals surface area (Å²) in [5.41, 5.74) is 2.87. The molecule has 0 bridgehead atoms. The average molecular weight is 299 g/mol. The smallest absolute Gasteiger partial charge is 0.119 e. The Morgan fingerprint density at radius 2 is 1.94 bits per heavy atom. The minimum absolute atomic E-state index is 0.583. The molecule has 0 saturated carbocycles. The van der Waals surface area contributed by atoms with Gasteiger partial charge in [0.25, 0.3) is 0 Å². The predicted molar refractivity (Wildman–Crippen MR) is 78.4 cm³/mol. The lowest BCUT2D eigenvalue weighted by molar-refractivity contribution is 0.339. The van der Waals surface area contributed by atoms with Crippen molar-refractivity contribution in [2.75, 3.05) is 11.9 Å². The third kappa shape index (κ3) is 3.74. The molecule has 0 heterocycles. The van der Waals surface area contributed by atoms with Crippen LogP contribution in [0.1, 0.15) is 44.7 Å². The van der Waals surface area contributed by atoms with E-state index in [0.717, 1.165) is 24.1 Å². The molecule has 1 rings (SSSR count). The largest absolute Gasteiger partial charge is 0.494 e. The van der Waals surface area contributed by atoms with Crippen molar-refractivity contribution in [2.24, 2.45) is 5.92 Å². The molecule has 0 radical (unpaired) electrons. The molecule has 0 aliphatic heterocycles. The van der Waals surface area contributed by atoms with Crippen LogP contribution in [-0.4, -0.2) is 11.9 Å². The standard InChI is InChI=1S/C15H23BrO/c1-5-13-9-14(17-6-2)7-8-15(13)12(4)11(3)10-16/h7-9,11-12H,5-6,10H2,1-4H3. The number of ether oxygens (including phenoxy) is 1. The Labute approximate surface area is 114 Å². The molecule has 1 aromatic carbocycles. The highest BCUT2D eigenvalue weighted by molar-refractivity contribution is 9.09. The summed E-state index contributed by atoms with van der Waals surface area (Å²) in [5, 5.41) is 1.05. The summed E-state index contributed by atoms with van der Waals surface area (Å²) >= 11 is 3.57. The Kier molecular flexibility index (Phi) is 6.04. The summed E-state index contributed by atoms with van der Waals surface area (Å²) < 4.78 is 5.56. The molecule has 2 atom stereocenters. The van der Waals surface area contributed by atoms with E-state index in [9.17, 15) is 0 Å². The Bertz CT molecular complexity index is 349. The zero-order valence-corrected chi connectivity index (χ0v) is 12.9. The number of hydrogen-bond acceptors (Lipinski definition) is 1. The molecule has 0 fully saturated rings. The highest BCUT2D eigenvalue weighted by Gasteiger charge is 2.16.